The molecule has 0 fully saturated rings. The van der Waals surface area contributed by atoms with Gasteiger partial charge >= 0.3 is 5.97 Å². The number of hydrogen-bond donors (Lipinski definition) is 7. The zero-order chi connectivity index (χ0) is 26.7. The molecule has 1 heterocycles. The molecule has 12 nitrogen and oxygen atoms in total. The van der Waals surface area contributed by atoms with Gasteiger partial charge in [-0.3, -0.25) is 24.0 Å². The van der Waals surface area contributed by atoms with Gasteiger partial charge < -0.3 is 37.5 Å². The summed E-state index contributed by atoms with van der Waals surface area (Å²) in [6.07, 6.45) is 3.80. The van der Waals surface area contributed by atoms with Crippen LogP contribution in [0.1, 0.15) is 24.8 Å². The predicted molar refractivity (Wildman–Crippen MR) is 136 cm³/mol. The average molecular weight is 521 g/mol. The number of aromatic nitrogens is 1. The number of carboxylic acids is 1. The Labute approximate surface area is 212 Å². The SMILES string of the molecule is CSCCC(NC(=O)C(N)Cc1c[nH]c2ccccc12)C(=O)NC(CCC(N)=O)C(=O)NCC(=O)O. The fourth-order valence-corrected chi connectivity index (χ4v) is 4.00. The number of carbonyl (C=O) groups is 5. The second-order valence-corrected chi connectivity index (χ2v) is 9.18. The van der Waals surface area contributed by atoms with Crippen LogP contribution < -0.4 is 27.4 Å². The fraction of sp³-hybridized carbons (Fsp3) is 0.435. The number of hydrogen-bond acceptors (Lipinski definition) is 7. The van der Waals surface area contributed by atoms with Crippen LogP contribution in [0, 0.1) is 0 Å². The molecule has 36 heavy (non-hydrogen) atoms. The minimum atomic E-state index is -1.27. The molecule has 0 radical (unpaired) electrons. The van der Waals surface area contributed by atoms with Crippen molar-refractivity contribution in [1.82, 2.24) is 20.9 Å². The molecular weight excluding hydrogens is 488 g/mol. The summed E-state index contributed by atoms with van der Waals surface area (Å²) in [6, 6.07) is 4.47. The van der Waals surface area contributed by atoms with Gasteiger partial charge in [-0.05, 0) is 42.9 Å². The monoisotopic (exact) mass is 520 g/mol. The van der Waals surface area contributed by atoms with Crippen molar-refractivity contribution in [3.8, 4) is 0 Å². The van der Waals surface area contributed by atoms with E-state index in [-0.39, 0.29) is 25.7 Å². The van der Waals surface area contributed by atoms with Crippen molar-refractivity contribution in [2.75, 3.05) is 18.6 Å². The van der Waals surface area contributed by atoms with Crippen LogP contribution >= 0.6 is 11.8 Å². The number of fused-ring (bicyclic) bond motifs is 1. The number of H-pyrrole nitrogens is 1. The van der Waals surface area contributed by atoms with Crippen molar-refractivity contribution < 1.29 is 29.1 Å². The van der Waals surface area contributed by atoms with Crippen molar-refractivity contribution in [2.24, 2.45) is 11.5 Å². The second kappa shape index (κ2) is 14.1. The zero-order valence-corrected chi connectivity index (χ0v) is 20.7. The third-order valence-corrected chi connectivity index (χ3v) is 6.07. The van der Waals surface area contributed by atoms with Crippen LogP contribution in [0.3, 0.4) is 0 Å². The van der Waals surface area contributed by atoms with Crippen LogP contribution in [-0.2, 0) is 30.4 Å². The number of aliphatic carboxylic acids is 1. The molecule has 0 spiro atoms. The van der Waals surface area contributed by atoms with E-state index in [9.17, 15) is 24.0 Å². The van der Waals surface area contributed by atoms with Gasteiger partial charge in [0, 0.05) is 23.5 Å². The van der Waals surface area contributed by atoms with E-state index in [1.807, 2.05) is 30.5 Å². The van der Waals surface area contributed by atoms with Crippen molar-refractivity contribution in [3.05, 3.63) is 36.0 Å². The molecule has 1 aromatic heterocycles. The molecule has 2 rings (SSSR count). The normalized spacial score (nSPS) is 13.4. The number of thioether (sulfide) groups is 1. The van der Waals surface area contributed by atoms with Gasteiger partial charge in [-0.25, -0.2) is 0 Å². The quantitative estimate of drug-likeness (QED) is 0.158. The fourth-order valence-electron chi connectivity index (χ4n) is 3.53. The van der Waals surface area contributed by atoms with E-state index >= 15 is 0 Å². The third-order valence-electron chi connectivity index (χ3n) is 5.42. The van der Waals surface area contributed by atoms with E-state index in [2.05, 4.69) is 20.9 Å². The number of nitrogens with two attached hydrogens (primary N) is 2. The molecule has 0 aliphatic rings. The van der Waals surface area contributed by atoms with Crippen molar-refractivity contribution >= 4 is 52.3 Å². The lowest BCUT2D eigenvalue weighted by Crippen LogP contribution is -2.56. The Bertz CT molecular complexity index is 1090. The van der Waals surface area contributed by atoms with E-state index < -0.39 is 54.3 Å². The smallest absolute Gasteiger partial charge is 0.322 e. The number of amides is 4. The Kier molecular flexibility index (Phi) is 11.2. The Hall–Kier alpha value is -3.58. The summed E-state index contributed by atoms with van der Waals surface area (Å²) in [6.45, 7) is -0.656. The lowest BCUT2D eigenvalue weighted by atomic mass is 10.0. The molecule has 1 aromatic carbocycles. The number of rotatable bonds is 15. The third kappa shape index (κ3) is 8.89. The van der Waals surface area contributed by atoms with Crippen LogP contribution in [-0.4, -0.2) is 76.4 Å². The average Bonchev–Trinajstić information content (AvgIpc) is 3.24. The summed E-state index contributed by atoms with van der Waals surface area (Å²) in [5, 5.41) is 17.1. The zero-order valence-electron chi connectivity index (χ0n) is 19.9. The highest BCUT2D eigenvalue weighted by molar-refractivity contribution is 7.98. The molecule has 0 bridgehead atoms. The lowest BCUT2D eigenvalue weighted by molar-refractivity contribution is -0.138. The first-order valence-corrected chi connectivity index (χ1v) is 12.7. The molecule has 2 aromatic rings. The first-order chi connectivity index (χ1) is 17.1. The Morgan fingerprint density at radius 2 is 1.69 bits per heavy atom. The summed E-state index contributed by atoms with van der Waals surface area (Å²) in [5.41, 5.74) is 13.1. The van der Waals surface area contributed by atoms with Gasteiger partial charge in [0.15, 0.2) is 0 Å². The first-order valence-electron chi connectivity index (χ1n) is 11.3. The van der Waals surface area contributed by atoms with Crippen molar-refractivity contribution in [2.45, 2.75) is 43.8 Å². The second-order valence-electron chi connectivity index (χ2n) is 8.19. The standard InChI is InChI=1S/C23H32N6O6S/c1-36-9-8-18(23(35)29-17(6-7-19(25)30)22(34)27-12-20(31)32)28-21(33)15(24)10-13-11-26-16-5-3-2-4-14(13)16/h2-5,11,15,17-18,26H,6-10,12,24H2,1H3,(H2,25,30)(H,27,34)(H,28,33)(H,29,35)(H,31,32). The van der Waals surface area contributed by atoms with Gasteiger partial charge in [0.05, 0.1) is 6.04 Å². The molecule has 3 unspecified atom stereocenters. The van der Waals surface area contributed by atoms with E-state index in [1.165, 1.54) is 11.8 Å². The van der Waals surface area contributed by atoms with Crippen LogP contribution in [0.5, 0.6) is 0 Å². The molecule has 0 saturated heterocycles. The summed E-state index contributed by atoms with van der Waals surface area (Å²) < 4.78 is 0. The number of aromatic amines is 1. The number of carboxylic acid groups (broad SMARTS) is 1. The highest BCUT2D eigenvalue weighted by Gasteiger charge is 2.28. The molecular formula is C23H32N6O6S. The maximum Gasteiger partial charge on any atom is 0.322 e. The summed E-state index contributed by atoms with van der Waals surface area (Å²) in [4.78, 5) is 63.3. The van der Waals surface area contributed by atoms with Crippen LogP contribution in [0.4, 0.5) is 0 Å². The molecule has 9 N–H and O–H groups in total. The molecule has 0 aliphatic heterocycles. The molecule has 13 heteroatoms. The van der Waals surface area contributed by atoms with E-state index in [4.69, 9.17) is 16.6 Å². The Morgan fingerprint density at radius 3 is 2.36 bits per heavy atom. The number of nitrogens with one attached hydrogen (secondary N) is 4. The largest absolute Gasteiger partial charge is 0.480 e. The van der Waals surface area contributed by atoms with E-state index in [1.54, 1.807) is 6.20 Å². The summed E-state index contributed by atoms with van der Waals surface area (Å²) in [7, 11) is 0. The van der Waals surface area contributed by atoms with Gasteiger partial charge in [0.25, 0.3) is 0 Å². The van der Waals surface area contributed by atoms with Crippen LogP contribution in [0.2, 0.25) is 0 Å². The summed E-state index contributed by atoms with van der Waals surface area (Å²) in [5.74, 6) is -3.39. The predicted octanol–water partition coefficient (Wildman–Crippen LogP) is -0.773. The highest BCUT2D eigenvalue weighted by Crippen LogP contribution is 2.18. The Morgan fingerprint density at radius 1 is 1.03 bits per heavy atom. The van der Waals surface area contributed by atoms with Gasteiger partial charge in [-0.15, -0.1) is 0 Å². The van der Waals surface area contributed by atoms with E-state index in [0.717, 1.165) is 16.5 Å². The number of primary amides is 1. The Balaban J connectivity index is 2.08. The minimum absolute atomic E-state index is 0.129. The number of carbonyl (C=O) groups excluding carboxylic acids is 4. The first kappa shape index (κ1) is 28.7. The number of benzene rings is 1. The maximum absolute atomic E-state index is 13.0. The highest BCUT2D eigenvalue weighted by atomic mass is 32.2. The lowest BCUT2D eigenvalue weighted by Gasteiger charge is -2.24. The molecule has 3 atom stereocenters. The van der Waals surface area contributed by atoms with Gasteiger partial charge in [-0.1, -0.05) is 18.2 Å². The van der Waals surface area contributed by atoms with Gasteiger partial charge in [0.2, 0.25) is 23.6 Å². The molecule has 4 amide bonds. The van der Waals surface area contributed by atoms with Crippen LogP contribution in [0.25, 0.3) is 10.9 Å². The maximum atomic E-state index is 13.0. The minimum Gasteiger partial charge on any atom is -0.480 e. The van der Waals surface area contributed by atoms with Crippen molar-refractivity contribution in [1.29, 1.82) is 0 Å². The molecule has 0 aliphatic carbocycles. The van der Waals surface area contributed by atoms with Gasteiger partial charge in [-0.2, -0.15) is 11.8 Å². The molecule has 196 valence electrons. The van der Waals surface area contributed by atoms with E-state index in [0.29, 0.717) is 5.75 Å². The van der Waals surface area contributed by atoms with Crippen molar-refractivity contribution in [3.63, 3.8) is 0 Å². The molecule has 0 saturated carbocycles. The van der Waals surface area contributed by atoms with Crippen LogP contribution in [0.15, 0.2) is 30.5 Å². The topological polar surface area (TPSA) is 209 Å². The summed E-state index contributed by atoms with van der Waals surface area (Å²) >= 11 is 1.47. The number of para-hydroxylation sites is 1. The van der Waals surface area contributed by atoms with Gasteiger partial charge in [0.1, 0.15) is 18.6 Å².